The van der Waals surface area contributed by atoms with Crippen LogP contribution in [-0.2, 0) is 20.8 Å². The highest BCUT2D eigenvalue weighted by molar-refractivity contribution is 5.76. The molecule has 0 aromatic carbocycles. The van der Waals surface area contributed by atoms with E-state index in [2.05, 4.69) is 5.10 Å². The number of ether oxygens (including phenoxy) is 2. The molecule has 1 amide bonds. The van der Waals surface area contributed by atoms with Crippen molar-refractivity contribution in [1.29, 1.82) is 0 Å². The summed E-state index contributed by atoms with van der Waals surface area (Å²) in [7, 11) is 0. The summed E-state index contributed by atoms with van der Waals surface area (Å²) in [6.45, 7) is 4.93. The lowest BCUT2D eigenvalue weighted by molar-refractivity contribution is -0.386. The highest BCUT2D eigenvalue weighted by atomic mass is 16.7. The zero-order valence-corrected chi connectivity index (χ0v) is 13.9. The highest BCUT2D eigenvalue weighted by Gasteiger charge is 2.36. The van der Waals surface area contributed by atoms with Gasteiger partial charge >= 0.3 is 5.69 Å². The third-order valence-corrected chi connectivity index (χ3v) is 4.64. The van der Waals surface area contributed by atoms with Crippen LogP contribution in [0.2, 0.25) is 0 Å². The van der Waals surface area contributed by atoms with E-state index in [4.69, 9.17) is 9.47 Å². The number of hydrogen-bond donors (Lipinski definition) is 0. The Morgan fingerprint density at radius 2 is 2.04 bits per heavy atom. The smallest absolute Gasteiger partial charge is 0.312 e. The summed E-state index contributed by atoms with van der Waals surface area (Å²) in [5.41, 5.74) is 0.691. The topological polar surface area (TPSA) is 99.7 Å². The molecule has 2 aliphatic heterocycles. The molecule has 0 radical (unpaired) electrons. The fourth-order valence-corrected chi connectivity index (χ4v) is 3.47. The van der Waals surface area contributed by atoms with Crippen LogP contribution in [0.4, 0.5) is 5.69 Å². The second-order valence-corrected chi connectivity index (χ2v) is 6.19. The van der Waals surface area contributed by atoms with Crippen LogP contribution in [0.1, 0.15) is 30.7 Å². The molecule has 0 bridgehead atoms. The first-order valence-electron chi connectivity index (χ1n) is 8.20. The summed E-state index contributed by atoms with van der Waals surface area (Å²) >= 11 is 0. The summed E-state index contributed by atoms with van der Waals surface area (Å²) in [4.78, 5) is 25.2. The number of amides is 1. The van der Waals surface area contributed by atoms with Crippen LogP contribution in [0.25, 0.3) is 0 Å². The Morgan fingerprint density at radius 3 is 2.67 bits per heavy atom. The Bertz CT molecular complexity index is 638. The number of rotatable bonds is 4. The average Bonchev–Trinajstić information content (AvgIpc) is 3.16. The molecule has 9 heteroatoms. The van der Waals surface area contributed by atoms with Gasteiger partial charge in [-0.2, -0.15) is 5.10 Å². The Kier molecular flexibility index (Phi) is 4.81. The quantitative estimate of drug-likeness (QED) is 0.603. The normalized spacial score (nSPS) is 22.1. The van der Waals surface area contributed by atoms with Crippen LogP contribution in [0.5, 0.6) is 0 Å². The van der Waals surface area contributed by atoms with Gasteiger partial charge in [-0.15, -0.1) is 0 Å². The molecule has 0 spiro atoms. The summed E-state index contributed by atoms with van der Waals surface area (Å²) in [6, 6.07) is -0.0966. The van der Waals surface area contributed by atoms with Crippen molar-refractivity contribution in [2.24, 2.45) is 0 Å². The maximum Gasteiger partial charge on any atom is 0.312 e. The number of aryl methyl sites for hydroxylation is 1. The molecule has 9 nitrogen and oxygen atoms in total. The Hall–Kier alpha value is -2.00. The number of likely N-dealkylation sites (tertiary alicyclic amines) is 1. The lowest BCUT2D eigenvalue weighted by atomic mass is 10.0. The van der Waals surface area contributed by atoms with Crippen molar-refractivity contribution >= 4 is 11.6 Å². The molecular weight excluding hydrogens is 316 g/mol. The highest BCUT2D eigenvalue weighted by Crippen LogP contribution is 2.26. The van der Waals surface area contributed by atoms with E-state index in [1.807, 2.05) is 0 Å². The van der Waals surface area contributed by atoms with Crippen LogP contribution in [-0.4, -0.2) is 57.6 Å². The van der Waals surface area contributed by atoms with Crippen molar-refractivity contribution in [3.63, 3.8) is 0 Å². The largest absolute Gasteiger partial charge is 0.348 e. The van der Waals surface area contributed by atoms with Gasteiger partial charge in [-0.25, -0.2) is 0 Å². The third-order valence-electron chi connectivity index (χ3n) is 4.64. The first-order chi connectivity index (χ1) is 11.5. The van der Waals surface area contributed by atoms with Gasteiger partial charge in [-0.05, 0) is 33.1 Å². The van der Waals surface area contributed by atoms with Gasteiger partial charge in [0.25, 0.3) is 0 Å². The number of carbonyl (C=O) groups is 1. The SMILES string of the molecule is Cc1nn(CC(=O)N2CCCCC2C2OCCO2)c(C)c1[N+](=O)[O-]. The lowest BCUT2D eigenvalue weighted by Crippen LogP contribution is -2.51. The standard InChI is InChI=1S/C15H22N4O5/c1-10-14(19(21)22)11(2)18(16-10)9-13(20)17-6-4-3-5-12(17)15-23-7-8-24-15/h12,15H,3-9H2,1-2H3. The van der Waals surface area contributed by atoms with Gasteiger partial charge in [0.15, 0.2) is 6.29 Å². The van der Waals surface area contributed by atoms with Crippen LogP contribution >= 0.6 is 0 Å². The van der Waals surface area contributed by atoms with E-state index in [1.54, 1.807) is 18.7 Å². The Balaban J connectivity index is 1.75. The van der Waals surface area contributed by atoms with Gasteiger partial charge < -0.3 is 14.4 Å². The minimum absolute atomic E-state index is 0.0102. The van der Waals surface area contributed by atoms with Crippen molar-refractivity contribution in [2.75, 3.05) is 19.8 Å². The number of hydrogen-bond acceptors (Lipinski definition) is 6. The molecule has 2 fully saturated rings. The van der Waals surface area contributed by atoms with Crippen LogP contribution in [0.3, 0.4) is 0 Å². The minimum atomic E-state index is -0.456. The molecule has 132 valence electrons. The predicted octanol–water partition coefficient (Wildman–Crippen LogP) is 1.16. The van der Waals surface area contributed by atoms with Crippen molar-refractivity contribution in [1.82, 2.24) is 14.7 Å². The first kappa shape index (κ1) is 16.8. The van der Waals surface area contributed by atoms with Gasteiger partial charge in [0.1, 0.15) is 17.9 Å². The maximum atomic E-state index is 12.8. The fourth-order valence-electron chi connectivity index (χ4n) is 3.47. The lowest BCUT2D eigenvalue weighted by Gasteiger charge is -2.38. The summed E-state index contributed by atoms with van der Waals surface area (Å²) in [5, 5.41) is 15.2. The second-order valence-electron chi connectivity index (χ2n) is 6.19. The summed E-state index contributed by atoms with van der Waals surface area (Å²) in [6.07, 6.45) is 2.44. The van der Waals surface area contributed by atoms with Gasteiger partial charge in [0.2, 0.25) is 5.91 Å². The van der Waals surface area contributed by atoms with E-state index >= 15 is 0 Å². The molecule has 0 N–H and O–H groups in total. The molecule has 0 aliphatic carbocycles. The van der Waals surface area contributed by atoms with Gasteiger partial charge in [0.05, 0.1) is 24.2 Å². The molecule has 1 aromatic heterocycles. The molecule has 2 saturated heterocycles. The number of carbonyl (C=O) groups excluding carboxylic acids is 1. The van der Waals surface area contributed by atoms with E-state index in [9.17, 15) is 14.9 Å². The van der Waals surface area contributed by atoms with Crippen molar-refractivity contribution in [3.05, 3.63) is 21.5 Å². The minimum Gasteiger partial charge on any atom is -0.348 e. The zero-order chi connectivity index (χ0) is 17.3. The van der Waals surface area contributed by atoms with Crippen LogP contribution in [0.15, 0.2) is 0 Å². The number of piperidine rings is 1. The number of nitro groups is 1. The molecule has 2 aliphatic rings. The van der Waals surface area contributed by atoms with Crippen molar-refractivity contribution in [3.8, 4) is 0 Å². The zero-order valence-electron chi connectivity index (χ0n) is 13.9. The molecule has 3 heterocycles. The van der Waals surface area contributed by atoms with E-state index in [-0.39, 0.29) is 30.5 Å². The molecule has 1 unspecified atom stereocenters. The molecular formula is C15H22N4O5. The van der Waals surface area contributed by atoms with Crippen LogP contribution in [0, 0.1) is 24.0 Å². The molecule has 3 rings (SSSR count). The Labute approximate surface area is 139 Å². The molecule has 1 aromatic rings. The summed E-state index contributed by atoms with van der Waals surface area (Å²) < 4.78 is 12.6. The predicted molar refractivity (Wildman–Crippen MR) is 83.4 cm³/mol. The third kappa shape index (κ3) is 3.13. The molecule has 1 atom stereocenters. The van der Waals surface area contributed by atoms with Gasteiger partial charge in [0, 0.05) is 6.54 Å². The second kappa shape index (κ2) is 6.86. The van der Waals surface area contributed by atoms with Gasteiger partial charge in [-0.3, -0.25) is 19.6 Å². The van der Waals surface area contributed by atoms with E-state index in [1.165, 1.54) is 4.68 Å². The van der Waals surface area contributed by atoms with E-state index in [0.29, 0.717) is 31.1 Å². The monoisotopic (exact) mass is 338 g/mol. The van der Waals surface area contributed by atoms with Crippen molar-refractivity contribution in [2.45, 2.75) is 52.0 Å². The Morgan fingerprint density at radius 1 is 1.33 bits per heavy atom. The fraction of sp³-hybridized carbons (Fsp3) is 0.733. The van der Waals surface area contributed by atoms with E-state index in [0.717, 1.165) is 19.3 Å². The molecule has 24 heavy (non-hydrogen) atoms. The van der Waals surface area contributed by atoms with E-state index < -0.39 is 4.92 Å². The maximum absolute atomic E-state index is 12.8. The number of nitrogens with zero attached hydrogens (tertiary/aromatic N) is 4. The van der Waals surface area contributed by atoms with Crippen molar-refractivity contribution < 1.29 is 19.2 Å². The molecule has 0 saturated carbocycles. The summed E-state index contributed by atoms with van der Waals surface area (Å²) in [5.74, 6) is -0.112. The van der Waals surface area contributed by atoms with Crippen LogP contribution < -0.4 is 0 Å². The average molecular weight is 338 g/mol. The van der Waals surface area contributed by atoms with Gasteiger partial charge in [-0.1, -0.05) is 0 Å². The first-order valence-corrected chi connectivity index (χ1v) is 8.20. The number of aromatic nitrogens is 2.